The maximum atomic E-state index is 12.8. The molecule has 5 nitrogen and oxygen atoms in total. The van der Waals surface area contributed by atoms with Crippen LogP contribution in [0.2, 0.25) is 0 Å². The quantitative estimate of drug-likeness (QED) is 0.923. The van der Waals surface area contributed by atoms with Crippen molar-refractivity contribution in [1.82, 2.24) is 15.2 Å². The number of ether oxygens (including phenoxy) is 1. The molecule has 0 radical (unpaired) electrons. The summed E-state index contributed by atoms with van der Waals surface area (Å²) >= 11 is 0. The first-order chi connectivity index (χ1) is 12.7. The highest BCUT2D eigenvalue weighted by Gasteiger charge is 2.42. The molecule has 1 aromatic carbocycles. The van der Waals surface area contributed by atoms with Crippen LogP contribution in [0.5, 0.6) is 5.88 Å². The largest absolute Gasteiger partial charge is 0.481 e. The Morgan fingerprint density at radius 1 is 1.15 bits per heavy atom. The molecule has 2 aromatic rings. The Morgan fingerprint density at radius 2 is 1.92 bits per heavy atom. The van der Waals surface area contributed by atoms with Gasteiger partial charge in [0.1, 0.15) is 0 Å². The number of hydrogen-bond acceptors (Lipinski definition) is 4. The molecule has 136 valence electrons. The zero-order valence-corrected chi connectivity index (χ0v) is 15.2. The van der Waals surface area contributed by atoms with Gasteiger partial charge >= 0.3 is 0 Å². The van der Waals surface area contributed by atoms with Gasteiger partial charge in [-0.1, -0.05) is 30.3 Å². The number of nitrogens with zero attached hydrogens (tertiary/aromatic N) is 2. The van der Waals surface area contributed by atoms with Gasteiger partial charge < -0.3 is 10.1 Å². The van der Waals surface area contributed by atoms with E-state index in [9.17, 15) is 4.79 Å². The summed E-state index contributed by atoms with van der Waals surface area (Å²) < 4.78 is 5.12. The average Bonchev–Trinajstić information content (AvgIpc) is 2.82. The highest BCUT2D eigenvalue weighted by molar-refractivity contribution is 5.83. The molecule has 0 saturated carbocycles. The molecule has 0 bridgehead atoms. The van der Waals surface area contributed by atoms with E-state index >= 15 is 0 Å². The third-order valence-electron chi connectivity index (χ3n) is 5.79. The lowest BCUT2D eigenvalue weighted by molar-refractivity contribution is -0.133. The van der Waals surface area contributed by atoms with Crippen LogP contribution in [0.4, 0.5) is 0 Å². The van der Waals surface area contributed by atoms with E-state index in [-0.39, 0.29) is 11.3 Å². The van der Waals surface area contributed by atoms with E-state index < -0.39 is 0 Å². The Morgan fingerprint density at radius 3 is 2.62 bits per heavy atom. The number of pyridine rings is 1. The average molecular weight is 351 g/mol. The fourth-order valence-electron chi connectivity index (χ4n) is 4.14. The van der Waals surface area contributed by atoms with Crippen LogP contribution in [0.15, 0.2) is 42.6 Å². The Kier molecular flexibility index (Phi) is 4.64. The highest BCUT2D eigenvalue weighted by Crippen LogP contribution is 2.38. The molecular formula is C21H25N3O2. The minimum Gasteiger partial charge on any atom is -0.481 e. The van der Waals surface area contributed by atoms with E-state index in [1.165, 1.54) is 16.7 Å². The number of benzene rings is 1. The number of nitrogens with one attached hydrogen (secondary N) is 1. The van der Waals surface area contributed by atoms with Gasteiger partial charge in [-0.05, 0) is 49.0 Å². The zero-order chi connectivity index (χ0) is 18.0. The van der Waals surface area contributed by atoms with E-state index in [4.69, 9.17) is 4.74 Å². The molecular weight excluding hydrogens is 326 g/mol. The normalized spacial score (nSPS) is 19.5. The highest BCUT2D eigenvalue weighted by atomic mass is 16.5. The topological polar surface area (TPSA) is 54.5 Å². The van der Waals surface area contributed by atoms with Crippen LogP contribution in [0, 0.1) is 5.41 Å². The molecule has 1 fully saturated rings. The molecule has 1 N–H and O–H groups in total. The summed E-state index contributed by atoms with van der Waals surface area (Å²) in [6.07, 6.45) is 4.53. The number of fused-ring (bicyclic) bond motifs is 1. The number of likely N-dealkylation sites (tertiary alicyclic amines) is 1. The summed E-state index contributed by atoms with van der Waals surface area (Å²) in [5.41, 5.74) is 3.49. The van der Waals surface area contributed by atoms with Crippen molar-refractivity contribution in [2.45, 2.75) is 32.4 Å². The van der Waals surface area contributed by atoms with Crippen LogP contribution in [-0.4, -0.2) is 36.0 Å². The SMILES string of the molecule is COc1ccc(CN2CCC3(CC2)Cc2ccccc2CNC3=O)cn1. The number of aromatic nitrogens is 1. The molecule has 2 aliphatic heterocycles. The second-order valence-corrected chi connectivity index (χ2v) is 7.39. The zero-order valence-electron chi connectivity index (χ0n) is 15.2. The fraction of sp³-hybridized carbons (Fsp3) is 0.429. The van der Waals surface area contributed by atoms with E-state index in [0.717, 1.165) is 38.9 Å². The van der Waals surface area contributed by atoms with Gasteiger partial charge in [-0.25, -0.2) is 4.98 Å². The van der Waals surface area contributed by atoms with Gasteiger partial charge in [0.25, 0.3) is 0 Å². The predicted molar refractivity (Wildman–Crippen MR) is 99.7 cm³/mol. The standard InChI is InChI=1S/C21H25N3O2/c1-26-19-7-6-16(13-22-19)15-24-10-8-21(9-11-24)12-17-4-2-3-5-18(17)14-23-20(21)25/h2-7,13H,8-12,14-15H2,1H3,(H,23,25). The van der Waals surface area contributed by atoms with Crippen LogP contribution in [-0.2, 0) is 24.3 Å². The van der Waals surface area contributed by atoms with Gasteiger partial charge in [0.05, 0.1) is 12.5 Å². The van der Waals surface area contributed by atoms with Gasteiger partial charge in [0, 0.05) is 25.4 Å². The molecule has 1 saturated heterocycles. The molecule has 3 heterocycles. The molecule has 2 aliphatic rings. The molecule has 4 rings (SSSR count). The van der Waals surface area contributed by atoms with E-state index in [1.54, 1.807) is 7.11 Å². The summed E-state index contributed by atoms with van der Waals surface area (Å²) in [5, 5.41) is 3.16. The van der Waals surface area contributed by atoms with E-state index in [2.05, 4.69) is 45.5 Å². The molecule has 0 aliphatic carbocycles. The van der Waals surface area contributed by atoms with Crippen LogP contribution >= 0.6 is 0 Å². The number of rotatable bonds is 3. The minimum atomic E-state index is -0.263. The van der Waals surface area contributed by atoms with Gasteiger partial charge in [-0.3, -0.25) is 9.69 Å². The van der Waals surface area contributed by atoms with Crippen molar-refractivity contribution in [1.29, 1.82) is 0 Å². The molecule has 5 heteroatoms. The van der Waals surface area contributed by atoms with Crippen molar-refractivity contribution in [2.24, 2.45) is 5.41 Å². The predicted octanol–water partition coefficient (Wildman–Crippen LogP) is 2.54. The van der Waals surface area contributed by atoms with E-state index in [0.29, 0.717) is 12.4 Å². The summed E-state index contributed by atoms with van der Waals surface area (Å²) in [6.45, 7) is 3.38. The van der Waals surface area contributed by atoms with Gasteiger partial charge in [-0.2, -0.15) is 0 Å². The summed E-state index contributed by atoms with van der Waals surface area (Å²) in [4.78, 5) is 19.5. The molecule has 0 atom stereocenters. The molecule has 1 aromatic heterocycles. The van der Waals surface area contributed by atoms with E-state index in [1.807, 2.05) is 12.3 Å². The Hall–Kier alpha value is -2.40. The van der Waals surface area contributed by atoms with Crippen LogP contribution in [0.1, 0.15) is 29.5 Å². The van der Waals surface area contributed by atoms with Crippen molar-refractivity contribution in [2.75, 3.05) is 20.2 Å². The second kappa shape index (κ2) is 7.08. The van der Waals surface area contributed by atoms with Gasteiger partial charge in [-0.15, -0.1) is 0 Å². The van der Waals surface area contributed by atoms with Crippen molar-refractivity contribution in [3.8, 4) is 5.88 Å². The van der Waals surface area contributed by atoms with Crippen molar-refractivity contribution in [3.63, 3.8) is 0 Å². The van der Waals surface area contributed by atoms with Gasteiger partial charge in [0.15, 0.2) is 0 Å². The summed E-state index contributed by atoms with van der Waals surface area (Å²) in [7, 11) is 1.63. The second-order valence-electron chi connectivity index (χ2n) is 7.39. The smallest absolute Gasteiger partial charge is 0.226 e. The molecule has 1 spiro atoms. The molecule has 1 amide bonds. The first kappa shape index (κ1) is 17.0. The summed E-state index contributed by atoms with van der Waals surface area (Å²) in [6, 6.07) is 12.4. The number of hydrogen-bond donors (Lipinski definition) is 1. The van der Waals surface area contributed by atoms with Crippen LogP contribution in [0.25, 0.3) is 0 Å². The third kappa shape index (κ3) is 3.31. The van der Waals surface area contributed by atoms with Crippen LogP contribution in [0.3, 0.4) is 0 Å². The fourth-order valence-corrected chi connectivity index (χ4v) is 4.14. The number of piperidine rings is 1. The molecule has 0 unspecified atom stereocenters. The monoisotopic (exact) mass is 351 g/mol. The Balaban J connectivity index is 1.44. The number of methoxy groups -OCH3 is 1. The van der Waals surface area contributed by atoms with Gasteiger partial charge in [0.2, 0.25) is 11.8 Å². The van der Waals surface area contributed by atoms with Crippen molar-refractivity contribution >= 4 is 5.91 Å². The van der Waals surface area contributed by atoms with Crippen LogP contribution < -0.4 is 10.1 Å². The number of amides is 1. The lowest BCUT2D eigenvalue weighted by atomic mass is 9.73. The summed E-state index contributed by atoms with van der Waals surface area (Å²) in [5.74, 6) is 0.861. The maximum absolute atomic E-state index is 12.8. The van der Waals surface area contributed by atoms with Crippen molar-refractivity contribution in [3.05, 3.63) is 59.3 Å². The lowest BCUT2D eigenvalue weighted by Gasteiger charge is -2.40. The Labute approximate surface area is 154 Å². The maximum Gasteiger partial charge on any atom is 0.226 e. The third-order valence-corrected chi connectivity index (χ3v) is 5.79. The molecule has 26 heavy (non-hydrogen) atoms. The van der Waals surface area contributed by atoms with Crippen molar-refractivity contribution < 1.29 is 9.53 Å². The number of carbonyl (C=O) groups excluding carboxylic acids is 1. The Bertz CT molecular complexity index is 780. The number of carbonyl (C=O) groups is 1. The minimum absolute atomic E-state index is 0.222. The first-order valence-corrected chi connectivity index (χ1v) is 9.25. The first-order valence-electron chi connectivity index (χ1n) is 9.25. The lowest BCUT2D eigenvalue weighted by Crippen LogP contribution is -2.48.